The topological polar surface area (TPSA) is 95.6 Å². The first-order valence-corrected chi connectivity index (χ1v) is 9.86. The number of benzene rings is 1. The average molecular weight is 367 g/mol. The summed E-state index contributed by atoms with van der Waals surface area (Å²) in [6, 6.07) is 5.00. The Morgan fingerprint density at radius 1 is 1.20 bits per heavy atom. The zero-order valence-electron chi connectivity index (χ0n) is 14.8. The fourth-order valence-corrected chi connectivity index (χ4v) is 4.98. The molecule has 1 atom stereocenters. The van der Waals surface area contributed by atoms with Crippen LogP contribution in [-0.4, -0.2) is 50.2 Å². The second-order valence-corrected chi connectivity index (χ2v) is 8.11. The largest absolute Gasteiger partial charge is 0.348 e. The minimum atomic E-state index is -3.64. The van der Waals surface area contributed by atoms with Gasteiger partial charge in [0.2, 0.25) is 10.0 Å². The first-order chi connectivity index (χ1) is 11.8. The predicted octanol–water partition coefficient (Wildman–Crippen LogP) is 0.709. The molecule has 2 rings (SSSR count). The maximum atomic E-state index is 13.0. The fraction of sp³-hybridized carbons (Fsp3) is 0.529. The van der Waals surface area contributed by atoms with E-state index >= 15 is 0 Å². The van der Waals surface area contributed by atoms with Crippen LogP contribution in [0.4, 0.5) is 0 Å². The molecular weight excluding hydrogens is 342 g/mol. The van der Waals surface area contributed by atoms with Crippen molar-refractivity contribution in [2.24, 2.45) is 0 Å². The number of hydrogen-bond donors (Lipinski definition) is 2. The summed E-state index contributed by atoms with van der Waals surface area (Å²) in [5.41, 5.74) is 1.58. The van der Waals surface area contributed by atoms with E-state index in [-0.39, 0.29) is 12.6 Å². The van der Waals surface area contributed by atoms with Crippen LogP contribution in [0.15, 0.2) is 23.1 Å². The molecule has 25 heavy (non-hydrogen) atoms. The molecule has 1 fully saturated rings. The van der Waals surface area contributed by atoms with Crippen LogP contribution in [0, 0.1) is 13.8 Å². The highest BCUT2D eigenvalue weighted by Gasteiger charge is 2.36. The summed E-state index contributed by atoms with van der Waals surface area (Å²) in [4.78, 5) is 23.5. The third-order valence-corrected chi connectivity index (χ3v) is 6.39. The van der Waals surface area contributed by atoms with Crippen LogP contribution >= 0.6 is 0 Å². The van der Waals surface area contributed by atoms with Gasteiger partial charge < -0.3 is 10.6 Å². The highest BCUT2D eigenvalue weighted by molar-refractivity contribution is 7.89. The second-order valence-electron chi connectivity index (χ2n) is 6.25. The van der Waals surface area contributed by atoms with Crippen LogP contribution in [0.25, 0.3) is 0 Å². The van der Waals surface area contributed by atoms with E-state index in [4.69, 9.17) is 0 Å². The summed E-state index contributed by atoms with van der Waals surface area (Å²) in [6.07, 6.45) is 1.38. The number of sulfonamides is 1. The molecule has 1 aromatic rings. The lowest BCUT2D eigenvalue weighted by Crippen LogP contribution is -2.47. The van der Waals surface area contributed by atoms with Crippen molar-refractivity contribution in [2.45, 2.75) is 44.6 Å². The second kappa shape index (κ2) is 7.97. The molecule has 0 radical (unpaired) electrons. The maximum Gasteiger partial charge on any atom is 0.309 e. The molecule has 138 valence electrons. The quantitative estimate of drug-likeness (QED) is 0.749. The van der Waals surface area contributed by atoms with Crippen molar-refractivity contribution >= 4 is 21.8 Å². The third kappa shape index (κ3) is 4.38. The highest BCUT2D eigenvalue weighted by atomic mass is 32.2. The van der Waals surface area contributed by atoms with E-state index in [1.165, 1.54) is 4.31 Å². The Morgan fingerprint density at radius 3 is 2.56 bits per heavy atom. The van der Waals surface area contributed by atoms with E-state index in [9.17, 15) is 18.0 Å². The molecule has 1 aliphatic rings. The normalized spacial score (nSPS) is 18.1. The number of nitrogens with zero attached hydrogens (tertiary/aromatic N) is 1. The van der Waals surface area contributed by atoms with E-state index in [2.05, 4.69) is 10.6 Å². The van der Waals surface area contributed by atoms with Gasteiger partial charge in [-0.1, -0.05) is 12.1 Å². The zero-order chi connectivity index (χ0) is 18.6. The molecule has 0 saturated carbocycles. The van der Waals surface area contributed by atoms with E-state index in [0.29, 0.717) is 30.0 Å². The molecule has 1 saturated heterocycles. The lowest BCUT2D eigenvalue weighted by Gasteiger charge is -2.25. The molecule has 8 heteroatoms. The number of aryl methyl sites for hydroxylation is 2. The Morgan fingerprint density at radius 2 is 1.88 bits per heavy atom. The van der Waals surface area contributed by atoms with Gasteiger partial charge in [0.1, 0.15) is 0 Å². The SMILES string of the molecule is CCNC(=O)C(=O)NC[C@@H]1CCCN1S(=O)(=O)c1cc(C)ccc1C. The number of carbonyl (C=O) groups is 2. The van der Waals surface area contributed by atoms with Crippen LogP contribution in [-0.2, 0) is 19.6 Å². The summed E-state index contributed by atoms with van der Waals surface area (Å²) in [6.45, 7) is 6.25. The predicted molar refractivity (Wildman–Crippen MR) is 94.5 cm³/mol. The number of carbonyl (C=O) groups excluding carboxylic acids is 2. The summed E-state index contributed by atoms with van der Waals surface area (Å²) >= 11 is 0. The van der Waals surface area contributed by atoms with Crippen molar-refractivity contribution in [1.29, 1.82) is 0 Å². The molecule has 0 aliphatic carbocycles. The summed E-state index contributed by atoms with van der Waals surface area (Å²) < 4.78 is 27.5. The van der Waals surface area contributed by atoms with Gasteiger partial charge in [0.25, 0.3) is 0 Å². The van der Waals surface area contributed by atoms with Gasteiger partial charge in [-0.05, 0) is 50.8 Å². The number of rotatable bonds is 5. The first kappa shape index (κ1) is 19.4. The summed E-state index contributed by atoms with van der Waals surface area (Å²) in [7, 11) is -3.64. The van der Waals surface area contributed by atoms with Gasteiger partial charge in [0.15, 0.2) is 0 Å². The number of hydrogen-bond acceptors (Lipinski definition) is 4. The van der Waals surface area contributed by atoms with Crippen molar-refractivity contribution < 1.29 is 18.0 Å². The zero-order valence-corrected chi connectivity index (χ0v) is 15.6. The van der Waals surface area contributed by atoms with Gasteiger partial charge in [-0.3, -0.25) is 9.59 Å². The van der Waals surface area contributed by atoms with Crippen molar-refractivity contribution in [3.05, 3.63) is 29.3 Å². The van der Waals surface area contributed by atoms with E-state index in [1.54, 1.807) is 26.0 Å². The summed E-state index contributed by atoms with van der Waals surface area (Å²) in [5, 5.41) is 4.95. The molecule has 0 unspecified atom stereocenters. The van der Waals surface area contributed by atoms with Crippen LogP contribution in [0.5, 0.6) is 0 Å². The van der Waals surface area contributed by atoms with E-state index in [1.807, 2.05) is 13.0 Å². The monoisotopic (exact) mass is 367 g/mol. The lowest BCUT2D eigenvalue weighted by molar-refractivity contribution is -0.139. The van der Waals surface area contributed by atoms with Crippen molar-refractivity contribution in [1.82, 2.24) is 14.9 Å². The van der Waals surface area contributed by atoms with Crippen LogP contribution in [0.1, 0.15) is 30.9 Å². The van der Waals surface area contributed by atoms with Crippen molar-refractivity contribution in [3.8, 4) is 0 Å². The van der Waals surface area contributed by atoms with Gasteiger partial charge in [0.05, 0.1) is 4.90 Å². The molecule has 7 nitrogen and oxygen atoms in total. The minimum Gasteiger partial charge on any atom is -0.348 e. The Bertz CT molecular complexity index is 761. The molecule has 0 bridgehead atoms. The average Bonchev–Trinajstić information content (AvgIpc) is 3.04. The standard InChI is InChI=1S/C17H25N3O4S/c1-4-18-16(21)17(22)19-11-14-6-5-9-20(14)25(23,24)15-10-12(2)7-8-13(15)3/h7-8,10,14H,4-6,9,11H2,1-3H3,(H,18,21)(H,19,22)/t14-/m0/s1. The van der Waals surface area contributed by atoms with Gasteiger partial charge in [-0.15, -0.1) is 0 Å². The molecule has 0 aromatic heterocycles. The molecule has 0 spiro atoms. The number of likely N-dealkylation sites (N-methyl/N-ethyl adjacent to an activating group) is 1. The van der Waals surface area contributed by atoms with E-state index < -0.39 is 21.8 Å². The molecule has 2 amide bonds. The van der Waals surface area contributed by atoms with Gasteiger partial charge in [-0.25, -0.2) is 8.42 Å². The Balaban J connectivity index is 2.13. The molecule has 1 heterocycles. The van der Waals surface area contributed by atoms with Gasteiger partial charge in [-0.2, -0.15) is 4.31 Å². The first-order valence-electron chi connectivity index (χ1n) is 8.42. The Labute approximate surface area is 148 Å². The fourth-order valence-electron chi connectivity index (χ4n) is 2.97. The van der Waals surface area contributed by atoms with Crippen molar-refractivity contribution in [2.75, 3.05) is 19.6 Å². The smallest absolute Gasteiger partial charge is 0.309 e. The molecule has 2 N–H and O–H groups in total. The Kier molecular flexibility index (Phi) is 6.18. The molecular formula is C17H25N3O4S. The van der Waals surface area contributed by atoms with Gasteiger partial charge in [0, 0.05) is 25.7 Å². The number of amides is 2. The Hall–Kier alpha value is -1.93. The minimum absolute atomic E-state index is 0.125. The third-order valence-electron chi connectivity index (χ3n) is 4.30. The number of nitrogens with one attached hydrogen (secondary N) is 2. The van der Waals surface area contributed by atoms with Crippen molar-refractivity contribution in [3.63, 3.8) is 0 Å². The molecule has 1 aliphatic heterocycles. The van der Waals surface area contributed by atoms with Gasteiger partial charge >= 0.3 is 11.8 Å². The highest BCUT2D eigenvalue weighted by Crippen LogP contribution is 2.28. The van der Waals surface area contributed by atoms with Crippen LogP contribution in [0.3, 0.4) is 0 Å². The maximum absolute atomic E-state index is 13.0. The van der Waals surface area contributed by atoms with E-state index in [0.717, 1.165) is 12.0 Å². The lowest BCUT2D eigenvalue weighted by atomic mass is 10.2. The molecule has 1 aromatic carbocycles. The summed E-state index contributed by atoms with van der Waals surface area (Å²) in [5.74, 6) is -1.44. The van der Waals surface area contributed by atoms with Crippen LogP contribution in [0.2, 0.25) is 0 Å². The van der Waals surface area contributed by atoms with Crippen LogP contribution < -0.4 is 10.6 Å².